The Hall–Kier alpha value is -3.40. The highest BCUT2D eigenvalue weighted by Crippen LogP contribution is 2.34. The lowest BCUT2D eigenvalue weighted by molar-refractivity contribution is 0.132. The number of aromatic nitrogens is 6. The van der Waals surface area contributed by atoms with E-state index in [0.717, 1.165) is 53.4 Å². The molecule has 1 aromatic carbocycles. The Morgan fingerprint density at radius 3 is 2.71 bits per heavy atom. The molecule has 1 aliphatic rings. The fraction of sp³-hybridized carbons (Fsp3) is 0.500. The van der Waals surface area contributed by atoms with E-state index in [9.17, 15) is 5.11 Å². The van der Waals surface area contributed by atoms with Crippen LogP contribution in [0.25, 0.3) is 16.6 Å². The molecule has 10 nitrogen and oxygen atoms in total. The Labute approximate surface area is 198 Å². The number of methoxy groups -OCH3 is 1. The molecule has 1 aliphatic heterocycles. The quantitative estimate of drug-likeness (QED) is 0.463. The van der Waals surface area contributed by atoms with Crippen LogP contribution in [0.4, 0.5) is 11.6 Å². The van der Waals surface area contributed by atoms with Gasteiger partial charge in [-0.15, -0.1) is 5.10 Å². The molecule has 2 unspecified atom stereocenters. The second-order valence-corrected chi connectivity index (χ2v) is 9.56. The number of rotatable bonds is 5. The SMILES string of the molecule is COc1ccc2c(c1)nc(N)n1nc([C@H]3C[C@@H](C)CN(c4cn(C(C)C(C)O)nc4C)C3)nc21. The maximum Gasteiger partial charge on any atom is 0.223 e. The number of nitrogens with zero attached hydrogens (tertiary/aromatic N) is 7. The van der Waals surface area contributed by atoms with Crippen molar-refractivity contribution in [1.29, 1.82) is 0 Å². The normalized spacial score (nSPS) is 20.7. The van der Waals surface area contributed by atoms with Crippen LogP contribution in [-0.4, -0.2) is 60.8 Å². The highest BCUT2D eigenvalue weighted by molar-refractivity contribution is 5.93. The standard InChI is InChI=1S/C24H32N8O2/c1-13-8-17(11-30(10-13)21-12-31(28-14(21)2)15(3)16(4)33)22-27-23-19-7-6-18(34-5)9-20(19)26-24(25)32(23)29-22/h6-7,9,12-13,15-17,33H,8,10-11H2,1-5H3,(H2,25,26)/t13-,15?,16?,17+/m1/s1. The van der Waals surface area contributed by atoms with Gasteiger partial charge in [0.05, 0.1) is 36.2 Å². The first-order valence-electron chi connectivity index (χ1n) is 11.7. The van der Waals surface area contributed by atoms with E-state index in [0.29, 0.717) is 17.5 Å². The molecule has 0 bridgehead atoms. The number of fused-ring (bicyclic) bond motifs is 3. The fourth-order valence-corrected chi connectivity index (χ4v) is 4.87. The minimum Gasteiger partial charge on any atom is -0.497 e. The first-order chi connectivity index (χ1) is 16.2. The average Bonchev–Trinajstić information content (AvgIpc) is 3.42. The summed E-state index contributed by atoms with van der Waals surface area (Å²) in [5.41, 5.74) is 9.73. The Balaban J connectivity index is 1.50. The third-order valence-electron chi connectivity index (χ3n) is 6.89. The van der Waals surface area contributed by atoms with Crippen molar-refractivity contribution in [2.45, 2.75) is 52.2 Å². The summed E-state index contributed by atoms with van der Waals surface area (Å²) in [6.07, 6.45) is 2.56. The van der Waals surface area contributed by atoms with Gasteiger partial charge in [0.15, 0.2) is 11.5 Å². The van der Waals surface area contributed by atoms with Crippen LogP contribution in [0.15, 0.2) is 24.4 Å². The van der Waals surface area contributed by atoms with Gasteiger partial charge in [-0.2, -0.15) is 9.61 Å². The Kier molecular flexibility index (Phi) is 5.55. The summed E-state index contributed by atoms with van der Waals surface area (Å²) in [7, 11) is 1.63. The molecule has 3 N–H and O–H groups in total. The summed E-state index contributed by atoms with van der Waals surface area (Å²) in [4.78, 5) is 11.8. The molecule has 0 radical (unpaired) electrons. The number of anilines is 2. The van der Waals surface area contributed by atoms with Crippen LogP contribution in [-0.2, 0) is 0 Å². The van der Waals surface area contributed by atoms with Crippen LogP contribution in [0.2, 0.25) is 0 Å². The van der Waals surface area contributed by atoms with Gasteiger partial charge < -0.3 is 20.5 Å². The number of ether oxygens (including phenoxy) is 1. The van der Waals surface area contributed by atoms with Crippen LogP contribution >= 0.6 is 0 Å². The Morgan fingerprint density at radius 2 is 1.97 bits per heavy atom. The van der Waals surface area contributed by atoms with Gasteiger partial charge in [0.1, 0.15) is 5.75 Å². The molecule has 0 saturated carbocycles. The molecule has 0 spiro atoms. The molecular weight excluding hydrogens is 432 g/mol. The molecule has 180 valence electrons. The number of aryl methyl sites for hydroxylation is 1. The Morgan fingerprint density at radius 1 is 1.18 bits per heavy atom. The molecule has 4 atom stereocenters. The van der Waals surface area contributed by atoms with Crippen molar-refractivity contribution in [1.82, 2.24) is 29.4 Å². The maximum absolute atomic E-state index is 10.00. The zero-order valence-corrected chi connectivity index (χ0v) is 20.3. The van der Waals surface area contributed by atoms with Crippen molar-refractivity contribution in [3.05, 3.63) is 35.9 Å². The first kappa shape index (κ1) is 22.4. The van der Waals surface area contributed by atoms with E-state index in [1.54, 1.807) is 18.5 Å². The van der Waals surface area contributed by atoms with Crippen LogP contribution < -0.4 is 15.4 Å². The van der Waals surface area contributed by atoms with Gasteiger partial charge >= 0.3 is 0 Å². The van der Waals surface area contributed by atoms with E-state index < -0.39 is 6.10 Å². The molecule has 0 aliphatic carbocycles. The van der Waals surface area contributed by atoms with Crippen LogP contribution in [0.1, 0.15) is 50.7 Å². The average molecular weight is 465 g/mol. The minimum absolute atomic E-state index is 0.0899. The van der Waals surface area contributed by atoms with Crippen LogP contribution in [0.5, 0.6) is 5.75 Å². The summed E-state index contributed by atoms with van der Waals surface area (Å²) in [6, 6.07) is 5.62. The number of nitrogen functional groups attached to an aromatic ring is 1. The third kappa shape index (κ3) is 3.81. The van der Waals surface area contributed by atoms with Gasteiger partial charge in [-0.1, -0.05) is 6.92 Å². The highest BCUT2D eigenvalue weighted by Gasteiger charge is 2.31. The van der Waals surface area contributed by atoms with Crippen molar-refractivity contribution in [2.24, 2.45) is 5.92 Å². The maximum atomic E-state index is 10.00. The lowest BCUT2D eigenvalue weighted by atomic mass is 9.89. The summed E-state index contributed by atoms with van der Waals surface area (Å²) < 4.78 is 8.83. The van der Waals surface area contributed by atoms with Crippen LogP contribution in [0, 0.1) is 12.8 Å². The van der Waals surface area contributed by atoms with Gasteiger partial charge in [0.2, 0.25) is 5.95 Å². The largest absolute Gasteiger partial charge is 0.497 e. The lowest BCUT2D eigenvalue weighted by Gasteiger charge is -2.36. The zero-order valence-electron chi connectivity index (χ0n) is 20.3. The third-order valence-corrected chi connectivity index (χ3v) is 6.89. The second kappa shape index (κ2) is 8.43. The molecule has 1 saturated heterocycles. The number of aliphatic hydroxyl groups excluding tert-OH is 1. The van der Waals surface area contributed by atoms with Gasteiger partial charge in [-0.3, -0.25) is 4.68 Å². The molecule has 10 heteroatoms. The number of hydrogen-bond acceptors (Lipinski definition) is 8. The molecule has 5 rings (SSSR count). The molecule has 0 amide bonds. The van der Waals surface area contributed by atoms with E-state index in [2.05, 4.69) is 21.9 Å². The van der Waals surface area contributed by atoms with E-state index >= 15 is 0 Å². The predicted octanol–water partition coefficient (Wildman–Crippen LogP) is 2.95. The van der Waals surface area contributed by atoms with Gasteiger partial charge in [0.25, 0.3) is 0 Å². The van der Waals surface area contributed by atoms with Gasteiger partial charge in [-0.05, 0) is 45.2 Å². The number of nitrogens with two attached hydrogens (primary N) is 1. The predicted molar refractivity (Wildman–Crippen MR) is 131 cm³/mol. The summed E-state index contributed by atoms with van der Waals surface area (Å²) in [6.45, 7) is 9.76. The summed E-state index contributed by atoms with van der Waals surface area (Å²) in [5.74, 6) is 2.41. The monoisotopic (exact) mass is 464 g/mol. The van der Waals surface area contributed by atoms with E-state index in [1.807, 2.05) is 42.9 Å². The number of aliphatic hydroxyl groups is 1. The van der Waals surface area contributed by atoms with E-state index in [4.69, 9.17) is 20.6 Å². The second-order valence-electron chi connectivity index (χ2n) is 9.56. The van der Waals surface area contributed by atoms with Crippen molar-refractivity contribution in [3.63, 3.8) is 0 Å². The summed E-state index contributed by atoms with van der Waals surface area (Å²) in [5, 5.41) is 20.3. The minimum atomic E-state index is -0.476. The molecule has 3 aromatic heterocycles. The van der Waals surface area contributed by atoms with Crippen molar-refractivity contribution in [3.8, 4) is 5.75 Å². The summed E-state index contributed by atoms with van der Waals surface area (Å²) >= 11 is 0. The van der Waals surface area contributed by atoms with Crippen molar-refractivity contribution >= 4 is 28.2 Å². The topological polar surface area (TPSA) is 120 Å². The number of piperidine rings is 1. The molecular formula is C24H32N8O2. The first-order valence-corrected chi connectivity index (χ1v) is 11.7. The van der Waals surface area contributed by atoms with E-state index in [1.165, 1.54) is 0 Å². The lowest BCUT2D eigenvalue weighted by Crippen LogP contribution is -2.39. The van der Waals surface area contributed by atoms with Gasteiger partial charge in [0, 0.05) is 36.7 Å². The van der Waals surface area contributed by atoms with Gasteiger partial charge in [-0.25, -0.2) is 9.97 Å². The van der Waals surface area contributed by atoms with Crippen molar-refractivity contribution in [2.75, 3.05) is 30.8 Å². The molecule has 34 heavy (non-hydrogen) atoms. The van der Waals surface area contributed by atoms with E-state index in [-0.39, 0.29) is 12.0 Å². The fourth-order valence-electron chi connectivity index (χ4n) is 4.87. The smallest absolute Gasteiger partial charge is 0.223 e. The Bertz CT molecular complexity index is 1340. The molecule has 4 aromatic rings. The highest BCUT2D eigenvalue weighted by atomic mass is 16.5. The number of benzene rings is 1. The molecule has 4 heterocycles. The van der Waals surface area contributed by atoms with Crippen molar-refractivity contribution < 1.29 is 9.84 Å². The number of hydrogen-bond donors (Lipinski definition) is 2. The molecule has 1 fully saturated rings. The van der Waals surface area contributed by atoms with Crippen LogP contribution in [0.3, 0.4) is 0 Å². The zero-order chi connectivity index (χ0) is 24.1.